The molecule has 0 unspecified atom stereocenters. The van der Waals surface area contributed by atoms with E-state index in [0.717, 1.165) is 28.0 Å². The third kappa shape index (κ3) is 4.22. The molecule has 0 aliphatic heterocycles. The highest BCUT2D eigenvalue weighted by Gasteiger charge is 2.04. The number of nitrogens with one attached hydrogen (secondary N) is 2. The largest absolute Gasteiger partial charge is 0.370 e. The van der Waals surface area contributed by atoms with Crippen molar-refractivity contribution in [3.8, 4) is 0 Å². The molecule has 0 saturated carbocycles. The highest BCUT2D eigenvalue weighted by molar-refractivity contribution is 14.0. The molecule has 0 fully saturated rings. The highest BCUT2D eigenvalue weighted by Crippen LogP contribution is 2.15. The molecule has 6 heteroatoms. The summed E-state index contributed by atoms with van der Waals surface area (Å²) in [5, 5.41) is 2.98. The van der Waals surface area contributed by atoms with Crippen molar-refractivity contribution in [2.45, 2.75) is 20.4 Å². The van der Waals surface area contributed by atoms with Crippen LogP contribution in [0.3, 0.4) is 0 Å². The van der Waals surface area contributed by atoms with E-state index in [2.05, 4.69) is 26.9 Å². The molecule has 1 aromatic heterocycles. The van der Waals surface area contributed by atoms with E-state index in [-0.39, 0.29) is 24.0 Å². The monoisotopic (exact) mass is 385 g/mol. The maximum atomic E-state index is 5.75. The Morgan fingerprint density at radius 3 is 2.90 bits per heavy atom. The Hall–Kier alpha value is -1.57. The maximum Gasteiger partial charge on any atom is 0.189 e. The van der Waals surface area contributed by atoms with Gasteiger partial charge in [-0.15, -0.1) is 24.0 Å². The van der Waals surface area contributed by atoms with Gasteiger partial charge in [0.25, 0.3) is 0 Å². The van der Waals surface area contributed by atoms with E-state index in [0.29, 0.717) is 19.0 Å². The third-order valence-electron chi connectivity index (χ3n) is 2.73. The molecule has 2 rings (SSSR count). The van der Waals surface area contributed by atoms with Gasteiger partial charge in [0.1, 0.15) is 12.4 Å². The molecule has 4 N–H and O–H groups in total. The van der Waals surface area contributed by atoms with Crippen molar-refractivity contribution in [2.75, 3.05) is 6.54 Å². The van der Waals surface area contributed by atoms with Crippen LogP contribution in [-0.2, 0) is 6.54 Å². The first-order chi connectivity index (χ1) is 9.06. The van der Waals surface area contributed by atoms with E-state index >= 15 is 0 Å². The van der Waals surface area contributed by atoms with Crippen LogP contribution >= 0.6 is 24.0 Å². The Balaban J connectivity index is 0.00000200. The van der Waals surface area contributed by atoms with Gasteiger partial charge in [0, 0.05) is 6.54 Å². The standard InChI is InChI=1S/C14H19N5.HI/c1-9(2)7-16-14(15)17-8-12-18-11-6-4-5-10(3)13(11)19-12;/h4-6H,1,7-8H2,2-3H3,(H,18,19)(H3,15,16,17);1H. The first kappa shape index (κ1) is 16.5. The summed E-state index contributed by atoms with van der Waals surface area (Å²) >= 11 is 0. The first-order valence-corrected chi connectivity index (χ1v) is 6.18. The van der Waals surface area contributed by atoms with Crippen molar-refractivity contribution in [1.29, 1.82) is 0 Å². The fourth-order valence-electron chi connectivity index (χ4n) is 1.76. The molecule has 5 nitrogen and oxygen atoms in total. The van der Waals surface area contributed by atoms with Gasteiger partial charge in [0.05, 0.1) is 11.0 Å². The molecule has 0 radical (unpaired) electrons. The lowest BCUT2D eigenvalue weighted by atomic mass is 10.2. The van der Waals surface area contributed by atoms with Crippen molar-refractivity contribution in [2.24, 2.45) is 10.7 Å². The van der Waals surface area contributed by atoms with Crippen LogP contribution in [0.5, 0.6) is 0 Å². The van der Waals surface area contributed by atoms with Crippen LogP contribution in [0.4, 0.5) is 0 Å². The molecule has 2 aromatic rings. The Bertz CT molecular complexity index is 630. The zero-order chi connectivity index (χ0) is 13.8. The number of aromatic amines is 1. The van der Waals surface area contributed by atoms with Crippen molar-refractivity contribution in [3.05, 3.63) is 41.7 Å². The second-order valence-corrected chi connectivity index (χ2v) is 4.67. The molecule has 0 aliphatic rings. The average molecular weight is 385 g/mol. The Morgan fingerprint density at radius 1 is 1.50 bits per heavy atom. The summed E-state index contributed by atoms with van der Waals surface area (Å²) in [5.74, 6) is 1.21. The Morgan fingerprint density at radius 2 is 2.25 bits per heavy atom. The molecule has 1 heterocycles. The van der Waals surface area contributed by atoms with E-state index in [1.165, 1.54) is 0 Å². The number of hydrogen-bond acceptors (Lipinski definition) is 2. The number of aromatic nitrogens is 2. The van der Waals surface area contributed by atoms with Crippen LogP contribution in [0.25, 0.3) is 11.0 Å². The number of aliphatic imine (C=N–C) groups is 1. The SMILES string of the molecule is C=C(C)CNC(N)=NCc1nc2c(C)cccc2[nH]1.I. The molecule has 0 spiro atoms. The number of para-hydroxylation sites is 1. The number of aryl methyl sites for hydroxylation is 1. The predicted octanol–water partition coefficient (Wildman–Crippen LogP) is 2.47. The highest BCUT2D eigenvalue weighted by atomic mass is 127. The Kier molecular flexibility index (Phi) is 6.00. The molecular formula is C14H20IN5. The summed E-state index contributed by atoms with van der Waals surface area (Å²) in [5.41, 5.74) is 9.93. The van der Waals surface area contributed by atoms with Gasteiger partial charge in [-0.1, -0.05) is 24.3 Å². The molecule has 0 bridgehead atoms. The van der Waals surface area contributed by atoms with Crippen LogP contribution in [0, 0.1) is 6.92 Å². The molecule has 0 atom stereocenters. The summed E-state index contributed by atoms with van der Waals surface area (Å²) < 4.78 is 0. The van der Waals surface area contributed by atoms with Crippen LogP contribution in [0.15, 0.2) is 35.3 Å². The number of H-pyrrole nitrogens is 1. The summed E-state index contributed by atoms with van der Waals surface area (Å²) in [7, 11) is 0. The minimum absolute atomic E-state index is 0. The van der Waals surface area contributed by atoms with Gasteiger partial charge in [0.2, 0.25) is 0 Å². The maximum absolute atomic E-state index is 5.75. The number of halogens is 1. The number of nitrogens with two attached hydrogens (primary N) is 1. The number of hydrogen-bond donors (Lipinski definition) is 3. The minimum Gasteiger partial charge on any atom is -0.370 e. The normalized spacial score (nSPS) is 11.2. The van der Waals surface area contributed by atoms with Crippen LogP contribution in [-0.4, -0.2) is 22.5 Å². The summed E-state index contributed by atoms with van der Waals surface area (Å²) in [4.78, 5) is 12.0. The van der Waals surface area contributed by atoms with Gasteiger partial charge in [0.15, 0.2) is 5.96 Å². The van der Waals surface area contributed by atoms with Crippen molar-refractivity contribution >= 4 is 41.0 Å². The zero-order valence-corrected chi connectivity index (χ0v) is 14.1. The molecule has 0 amide bonds. The molecule has 0 saturated heterocycles. The second kappa shape index (κ2) is 7.28. The molecule has 1 aromatic carbocycles. The average Bonchev–Trinajstić information content (AvgIpc) is 2.78. The quantitative estimate of drug-likeness (QED) is 0.328. The number of nitrogens with zero attached hydrogens (tertiary/aromatic N) is 2. The zero-order valence-electron chi connectivity index (χ0n) is 11.7. The van der Waals surface area contributed by atoms with Crippen molar-refractivity contribution in [3.63, 3.8) is 0 Å². The number of guanidine groups is 1. The minimum atomic E-state index is 0. The Labute approximate surface area is 135 Å². The van der Waals surface area contributed by atoms with E-state index in [1.54, 1.807) is 0 Å². The fraction of sp³-hybridized carbons (Fsp3) is 0.286. The summed E-state index contributed by atoms with van der Waals surface area (Å²) in [6.45, 7) is 8.83. The number of benzene rings is 1. The van der Waals surface area contributed by atoms with Crippen molar-refractivity contribution in [1.82, 2.24) is 15.3 Å². The molecular weight excluding hydrogens is 365 g/mol. The van der Waals surface area contributed by atoms with Crippen LogP contribution in [0.2, 0.25) is 0 Å². The van der Waals surface area contributed by atoms with Crippen LogP contribution in [0.1, 0.15) is 18.3 Å². The van der Waals surface area contributed by atoms with Crippen molar-refractivity contribution < 1.29 is 0 Å². The van der Waals surface area contributed by atoms with Gasteiger partial charge in [-0.25, -0.2) is 9.98 Å². The lowest BCUT2D eigenvalue weighted by molar-refractivity contribution is 0.908. The molecule has 108 valence electrons. The summed E-state index contributed by atoms with van der Waals surface area (Å²) in [6, 6.07) is 6.05. The topological polar surface area (TPSA) is 79.1 Å². The molecule has 20 heavy (non-hydrogen) atoms. The van der Waals surface area contributed by atoms with Gasteiger partial charge >= 0.3 is 0 Å². The predicted molar refractivity (Wildman–Crippen MR) is 94.4 cm³/mol. The van der Waals surface area contributed by atoms with Gasteiger partial charge in [-0.3, -0.25) is 0 Å². The lowest BCUT2D eigenvalue weighted by Crippen LogP contribution is -2.32. The second-order valence-electron chi connectivity index (χ2n) is 4.67. The van der Waals surface area contributed by atoms with Crippen LogP contribution < -0.4 is 11.1 Å². The number of imidazole rings is 1. The van der Waals surface area contributed by atoms with E-state index in [9.17, 15) is 0 Å². The van der Waals surface area contributed by atoms with Gasteiger partial charge in [-0.05, 0) is 25.5 Å². The van der Waals surface area contributed by atoms with Gasteiger partial charge < -0.3 is 16.0 Å². The number of fused-ring (bicyclic) bond motifs is 1. The number of rotatable bonds is 4. The lowest BCUT2D eigenvalue weighted by Gasteiger charge is -2.03. The first-order valence-electron chi connectivity index (χ1n) is 6.18. The summed E-state index contributed by atoms with van der Waals surface area (Å²) in [6.07, 6.45) is 0. The smallest absolute Gasteiger partial charge is 0.189 e. The van der Waals surface area contributed by atoms with Gasteiger partial charge in [-0.2, -0.15) is 0 Å². The molecule has 0 aliphatic carbocycles. The fourth-order valence-corrected chi connectivity index (χ4v) is 1.76. The van der Waals surface area contributed by atoms with E-state index in [1.807, 2.05) is 32.0 Å². The van der Waals surface area contributed by atoms with E-state index < -0.39 is 0 Å². The third-order valence-corrected chi connectivity index (χ3v) is 2.73. The van der Waals surface area contributed by atoms with E-state index in [4.69, 9.17) is 5.73 Å².